The summed E-state index contributed by atoms with van der Waals surface area (Å²) in [5.74, 6) is -10.9. The zero-order valence-corrected chi connectivity index (χ0v) is 57.5. The van der Waals surface area contributed by atoms with Gasteiger partial charge in [0.05, 0.1) is 73.2 Å². The van der Waals surface area contributed by atoms with Gasteiger partial charge in [0, 0.05) is 68.0 Å². The number of fused-ring (bicyclic) bond motifs is 20. The number of H-pyrrole nitrogens is 1. The fourth-order valence-corrected chi connectivity index (χ4v) is 13.2. The van der Waals surface area contributed by atoms with Crippen LogP contribution < -0.4 is 42.6 Å². The minimum Gasteiger partial charge on any atom is -0.353 e. The predicted octanol–water partition coefficient (Wildman–Crippen LogP) is 22.8. The molecule has 3 aromatic heterocycles. The molecule has 0 radical (unpaired) electrons. The van der Waals surface area contributed by atoms with Gasteiger partial charge in [-0.1, -0.05) is 119 Å². The van der Waals surface area contributed by atoms with Crippen molar-refractivity contribution < 1.29 is 35.1 Å². The number of rotatable bonds is 16. The van der Waals surface area contributed by atoms with Crippen molar-refractivity contribution in [3.63, 3.8) is 0 Å². The van der Waals surface area contributed by atoms with Crippen molar-refractivity contribution in [2.24, 2.45) is 0 Å². The average Bonchev–Trinajstić information content (AvgIpc) is 1.56. The summed E-state index contributed by atoms with van der Waals surface area (Å²) in [4.78, 5) is 36.7. The molecule has 24 heteroatoms. The number of hydrogen-bond acceptors (Lipinski definition) is 14. The van der Waals surface area contributed by atoms with Gasteiger partial charge < -0.3 is 42.2 Å². The van der Waals surface area contributed by atoms with E-state index in [9.17, 15) is 0 Å². The first-order valence-corrected chi connectivity index (χ1v) is 34.1. The molecule has 17 rings (SSSR count). The van der Waals surface area contributed by atoms with E-state index in [1.165, 1.54) is 42.5 Å². The van der Waals surface area contributed by atoms with Crippen molar-refractivity contribution >= 4 is 129 Å². The fraction of sp³-hybridized carbons (Fsp3) is 0.0476. The highest BCUT2D eigenvalue weighted by molar-refractivity contribution is 6.26. The molecule has 0 atom stereocenters. The van der Waals surface area contributed by atoms with Crippen LogP contribution in [0.3, 0.4) is 0 Å². The first kappa shape index (κ1) is 67.0. The van der Waals surface area contributed by atoms with Crippen LogP contribution in [0, 0.1) is 74.2 Å². The molecule has 0 amide bonds. The summed E-state index contributed by atoms with van der Waals surface area (Å²) in [5.41, 5.74) is 12.4. The lowest BCUT2D eigenvalue weighted by atomic mass is 10.0. The van der Waals surface area contributed by atoms with Gasteiger partial charge in [-0.2, -0.15) is 0 Å². The van der Waals surface area contributed by atoms with Gasteiger partial charge in [-0.15, -0.1) is 0 Å². The van der Waals surface area contributed by atoms with E-state index in [-0.39, 0.29) is 79.8 Å². The third-order valence-electron chi connectivity index (χ3n) is 18.6. The molecule has 0 fully saturated rings. The van der Waals surface area contributed by atoms with E-state index in [4.69, 9.17) is 29.9 Å². The number of aryl methyl sites for hydroxylation is 4. The first-order chi connectivity index (χ1) is 52.4. The standard InChI is InChI=1S/C84H58F8N16/c1-42-13-26-49(27-14-42)94-73-66-67(74(95-53-36-23-47(86)24-37-53)76(97-51-30-17-44(3)18-31-51)75(73)96-50-28-15-43(2)16-29-50)82-103-80-65-59(40-64(98-63-41-61(89)68(90)70(92)69(63)91)71(99-62-38-25-48(87)39-60(62)88)72(65)93-52-34-21-46(85)22-35-52)79(102-80)106-84-58-12-8-7-11-57(58)83(108(84)107-54-32-19-45(4)20-33-54)105-78-56-10-6-5-9-55(56)77(100-78)101-81(66)104-82/h5-41,93-99,107H,1-4H3,(H,100,101,102,103,104,105,106). The average molecular weight is 1440 g/mol. The maximum absolute atomic E-state index is 16.6. The second-order valence-electron chi connectivity index (χ2n) is 26.1. The summed E-state index contributed by atoms with van der Waals surface area (Å²) in [5, 5.41) is 26.0. The molecule has 15 aromatic rings. The summed E-state index contributed by atoms with van der Waals surface area (Å²) in [6.07, 6.45) is 0. The predicted molar refractivity (Wildman–Crippen MR) is 412 cm³/mol. The minimum atomic E-state index is -2.15. The molecule has 8 bridgehead atoms. The Morgan fingerprint density at radius 1 is 0.296 bits per heavy atom. The van der Waals surface area contributed by atoms with Crippen molar-refractivity contribution in [1.82, 2.24) is 39.6 Å². The molecular formula is C84H58F8N16. The third-order valence-corrected chi connectivity index (χ3v) is 18.6. The van der Waals surface area contributed by atoms with E-state index < -0.39 is 52.2 Å². The molecule has 0 spiro atoms. The van der Waals surface area contributed by atoms with Crippen LogP contribution in [-0.2, 0) is 0 Å². The van der Waals surface area contributed by atoms with Crippen LogP contribution in [0.4, 0.5) is 120 Å². The third kappa shape index (κ3) is 12.6. The Morgan fingerprint density at radius 3 is 1.21 bits per heavy atom. The molecule has 108 heavy (non-hydrogen) atoms. The fourth-order valence-electron chi connectivity index (χ4n) is 13.2. The lowest BCUT2D eigenvalue weighted by Crippen LogP contribution is -2.10. The molecule has 0 saturated carbocycles. The van der Waals surface area contributed by atoms with Crippen molar-refractivity contribution in [1.29, 1.82) is 0 Å². The summed E-state index contributed by atoms with van der Waals surface area (Å²) >= 11 is 0. The van der Waals surface area contributed by atoms with Crippen LogP contribution in [-0.4, -0.2) is 39.6 Å². The quantitative estimate of drug-likeness (QED) is 0.0252. The zero-order chi connectivity index (χ0) is 74.2. The van der Waals surface area contributed by atoms with Gasteiger partial charge in [-0.3, -0.25) is 5.43 Å². The van der Waals surface area contributed by atoms with Crippen molar-refractivity contribution in [3.8, 4) is 45.6 Å². The van der Waals surface area contributed by atoms with E-state index >= 15 is 35.1 Å². The number of halogens is 8. The molecule has 16 nitrogen and oxygen atoms in total. The summed E-state index contributed by atoms with van der Waals surface area (Å²) in [7, 11) is 0. The number of aromatic amines is 1. The topological polar surface area (TPSA) is 194 Å². The van der Waals surface area contributed by atoms with Crippen LogP contribution in [0.5, 0.6) is 0 Å². The van der Waals surface area contributed by atoms with E-state index in [0.29, 0.717) is 102 Å². The number of anilines is 15. The van der Waals surface area contributed by atoms with Gasteiger partial charge in [0.1, 0.15) is 34.6 Å². The Kier molecular flexibility index (Phi) is 16.9. The van der Waals surface area contributed by atoms with Gasteiger partial charge in [-0.25, -0.2) is 69.7 Å². The maximum Gasteiger partial charge on any atom is 0.199 e. The molecule has 5 heterocycles. The molecule has 12 aromatic carbocycles. The van der Waals surface area contributed by atoms with Crippen LogP contribution in [0.2, 0.25) is 0 Å². The number of benzene rings is 12. The maximum atomic E-state index is 16.6. The molecule has 9 N–H and O–H groups in total. The Bertz CT molecular complexity index is 6320. The highest BCUT2D eigenvalue weighted by Crippen LogP contribution is 2.55. The van der Waals surface area contributed by atoms with Crippen LogP contribution >= 0.6 is 0 Å². The number of aromatic nitrogens is 8. The van der Waals surface area contributed by atoms with Crippen molar-refractivity contribution in [3.05, 3.63) is 293 Å². The monoisotopic (exact) mass is 1440 g/mol. The SMILES string of the molecule is Cc1ccc(Nc2c(Nc3ccc(C)cc3)c(Nc3ccc(F)cc3)c3c4nc5nc(nc6c7ccccc7c(nc7nc(nc([nH]4)c3c2Nc2ccc(C)cc2)-c2ccccc2-7)n6Nc2ccc(C)cc2)-c2cc(Nc3cc(F)c(F)c(F)c3F)c(Nc3ccc(F)cc3F)c(Nc3ccc(F)cc3)c2-5)cc1. The van der Waals surface area contributed by atoms with Crippen LogP contribution in [0.25, 0.3) is 89.7 Å². The molecule has 0 unspecified atom stereocenters. The Balaban J connectivity index is 1.10. The Hall–Kier alpha value is -14.2. The summed E-state index contributed by atoms with van der Waals surface area (Å²) in [6, 6.07) is 61.4. The second kappa shape index (κ2) is 27.1. The highest BCUT2D eigenvalue weighted by Gasteiger charge is 2.33. The van der Waals surface area contributed by atoms with Crippen molar-refractivity contribution in [2.75, 3.05) is 42.6 Å². The Morgan fingerprint density at radius 2 is 0.713 bits per heavy atom. The molecule has 0 saturated heterocycles. The normalized spacial score (nSPS) is 11.5. The lowest BCUT2D eigenvalue weighted by Gasteiger charge is -2.25. The largest absolute Gasteiger partial charge is 0.353 e. The van der Waals surface area contributed by atoms with Crippen LogP contribution in [0.15, 0.2) is 224 Å². The van der Waals surface area contributed by atoms with Crippen molar-refractivity contribution in [2.45, 2.75) is 27.7 Å². The first-order valence-electron chi connectivity index (χ1n) is 34.1. The van der Waals surface area contributed by atoms with Gasteiger partial charge in [-0.05, 0) is 143 Å². The highest BCUT2D eigenvalue weighted by atomic mass is 19.2. The van der Waals surface area contributed by atoms with E-state index in [1.54, 1.807) is 16.8 Å². The van der Waals surface area contributed by atoms with Gasteiger partial charge in [0.25, 0.3) is 0 Å². The van der Waals surface area contributed by atoms with E-state index in [1.807, 2.05) is 173 Å². The van der Waals surface area contributed by atoms with E-state index in [0.717, 1.165) is 34.4 Å². The van der Waals surface area contributed by atoms with Gasteiger partial charge in [0.2, 0.25) is 0 Å². The molecule has 0 aliphatic carbocycles. The molecule has 2 aliphatic rings. The minimum absolute atomic E-state index is 0.0403. The number of nitrogens with one attached hydrogen (secondary N) is 9. The van der Waals surface area contributed by atoms with E-state index in [2.05, 4.69) is 47.6 Å². The van der Waals surface area contributed by atoms with Crippen LogP contribution in [0.1, 0.15) is 22.3 Å². The number of hydrogen-bond donors (Lipinski definition) is 9. The summed E-state index contributed by atoms with van der Waals surface area (Å²) in [6.45, 7) is 7.89. The second-order valence-corrected chi connectivity index (χ2v) is 26.1. The molecule has 2 aliphatic heterocycles. The lowest BCUT2D eigenvalue weighted by molar-refractivity contribution is 0.411. The smallest absolute Gasteiger partial charge is 0.199 e. The number of nitrogens with zero attached hydrogens (tertiary/aromatic N) is 7. The summed E-state index contributed by atoms with van der Waals surface area (Å²) < 4.78 is 127. The molecule has 530 valence electrons. The molecular weight excluding hydrogens is 1390 g/mol. The zero-order valence-electron chi connectivity index (χ0n) is 57.5. The van der Waals surface area contributed by atoms with Gasteiger partial charge >= 0.3 is 0 Å². The van der Waals surface area contributed by atoms with Gasteiger partial charge in [0.15, 0.2) is 57.9 Å². The Labute approximate surface area is 610 Å².